The molecule has 476 valence electrons. The molecule has 5 saturated heterocycles. The molecule has 0 saturated carbocycles. The second-order valence-electron chi connectivity index (χ2n) is 24.4. The third-order valence-electron chi connectivity index (χ3n) is 18.7. The van der Waals surface area contributed by atoms with Crippen molar-refractivity contribution in [1.82, 2.24) is 59.8 Å². The molecule has 5 N–H and O–H groups in total. The third-order valence-corrected chi connectivity index (χ3v) is 18.7. The second kappa shape index (κ2) is 28.2. The van der Waals surface area contributed by atoms with E-state index >= 15 is 4.39 Å². The number of amides is 7. The maximum Gasteiger partial charge on any atom is 0.325 e. The van der Waals surface area contributed by atoms with Crippen LogP contribution in [0.4, 0.5) is 21.7 Å². The van der Waals surface area contributed by atoms with E-state index in [1.807, 2.05) is 34.1 Å². The summed E-state index contributed by atoms with van der Waals surface area (Å²) in [5.74, 6) is -1.97. The summed E-state index contributed by atoms with van der Waals surface area (Å²) in [5, 5.41) is 18.9. The molecule has 5 fully saturated rings. The largest absolute Gasteiger partial charge is 0.465 e. The average Bonchev–Trinajstić information content (AvgIpc) is 1.63. The van der Waals surface area contributed by atoms with Gasteiger partial charge in [0.15, 0.2) is 11.5 Å². The number of fused-ring (bicyclic) bond motifs is 2. The molecule has 6 aromatic rings. The Balaban J connectivity index is 0.617. The van der Waals surface area contributed by atoms with Gasteiger partial charge in [0.05, 0.1) is 42.3 Å². The highest BCUT2D eigenvalue weighted by atomic mass is 19.1. The van der Waals surface area contributed by atoms with Crippen molar-refractivity contribution in [2.45, 2.75) is 109 Å². The Bertz CT molecular complexity index is 3650. The van der Waals surface area contributed by atoms with Gasteiger partial charge in [-0.25, -0.2) is 14.4 Å². The van der Waals surface area contributed by atoms with Crippen molar-refractivity contribution < 1.29 is 47.5 Å². The van der Waals surface area contributed by atoms with Crippen LogP contribution >= 0.6 is 0 Å². The minimum absolute atomic E-state index is 0.0432. The molecule has 0 aliphatic carbocycles. The van der Waals surface area contributed by atoms with E-state index in [2.05, 4.69) is 43.1 Å². The van der Waals surface area contributed by atoms with E-state index in [9.17, 15) is 38.4 Å². The first-order chi connectivity index (χ1) is 43.6. The van der Waals surface area contributed by atoms with Gasteiger partial charge in [0.25, 0.3) is 5.91 Å². The molecule has 24 nitrogen and oxygen atoms in total. The van der Waals surface area contributed by atoms with Crippen LogP contribution in [-0.4, -0.2) is 182 Å². The maximum atomic E-state index is 16.1. The lowest BCUT2D eigenvalue weighted by Crippen LogP contribution is -2.49. The summed E-state index contributed by atoms with van der Waals surface area (Å²) in [7, 11) is 1.78. The van der Waals surface area contributed by atoms with Crippen LogP contribution in [0.5, 0.6) is 0 Å². The Morgan fingerprint density at radius 1 is 0.656 bits per heavy atom. The molecule has 0 radical (unpaired) electrons. The van der Waals surface area contributed by atoms with Crippen LogP contribution in [0.25, 0.3) is 32.9 Å². The summed E-state index contributed by atoms with van der Waals surface area (Å²) in [6.45, 7) is 6.67. The van der Waals surface area contributed by atoms with Gasteiger partial charge in [0, 0.05) is 125 Å². The number of benzene rings is 3. The predicted molar refractivity (Wildman–Crippen MR) is 333 cm³/mol. The first-order valence-electron chi connectivity index (χ1n) is 31.8. The highest BCUT2D eigenvalue weighted by molar-refractivity contribution is 6.00. The molecule has 7 amide bonds. The van der Waals surface area contributed by atoms with Crippen molar-refractivity contribution in [1.29, 1.82) is 0 Å². The van der Waals surface area contributed by atoms with E-state index in [-0.39, 0.29) is 86.2 Å². The summed E-state index contributed by atoms with van der Waals surface area (Å²) in [4.78, 5) is 123. The van der Waals surface area contributed by atoms with Crippen molar-refractivity contribution >= 4 is 86.4 Å². The molecule has 8 heterocycles. The topological polar surface area (TPSA) is 286 Å². The Morgan fingerprint density at radius 2 is 1.26 bits per heavy atom. The number of halogens is 1. The van der Waals surface area contributed by atoms with Crippen molar-refractivity contribution in [3.8, 4) is 11.1 Å². The van der Waals surface area contributed by atoms with Crippen LogP contribution in [0.3, 0.4) is 0 Å². The van der Waals surface area contributed by atoms with Crippen LogP contribution in [0, 0.1) is 17.7 Å². The highest BCUT2D eigenvalue weighted by Crippen LogP contribution is 2.41. The van der Waals surface area contributed by atoms with Gasteiger partial charge in [0.2, 0.25) is 35.4 Å². The number of carbonyl (C=O) groups excluding carboxylic acids is 8. The number of rotatable bonds is 19. The number of nitrogens with two attached hydrogens (primary N) is 1. The zero-order chi connectivity index (χ0) is 63.0. The number of nitrogens with zero attached hydrogens (tertiary/aromatic N) is 11. The van der Waals surface area contributed by atoms with Crippen LogP contribution in [-0.2, 0) is 51.9 Å². The highest BCUT2D eigenvalue weighted by Gasteiger charge is 2.37. The van der Waals surface area contributed by atoms with Gasteiger partial charge in [-0.2, -0.15) is 10.2 Å². The first kappa shape index (κ1) is 62.6. The number of ether oxygens (including phenoxy) is 1. The van der Waals surface area contributed by atoms with Crippen molar-refractivity contribution in [3.63, 3.8) is 0 Å². The van der Waals surface area contributed by atoms with Crippen LogP contribution in [0.1, 0.15) is 124 Å². The Hall–Kier alpha value is -9.03. The monoisotopic (exact) mass is 1230 g/mol. The Labute approximate surface area is 521 Å². The predicted octanol–water partition coefficient (Wildman–Crippen LogP) is 5.52. The molecule has 5 aliphatic rings. The Morgan fingerprint density at radius 3 is 1.89 bits per heavy atom. The average molecular weight is 1230 g/mol. The molecule has 0 spiro atoms. The van der Waals surface area contributed by atoms with Gasteiger partial charge >= 0.3 is 5.97 Å². The molecular formula is C65H80FN15O9. The van der Waals surface area contributed by atoms with Crippen LogP contribution in [0.2, 0.25) is 0 Å². The number of piperidine rings is 5. The number of primary amides is 1. The zero-order valence-corrected chi connectivity index (χ0v) is 51.3. The number of aryl methyl sites for hydroxylation is 1. The molecule has 3 aromatic heterocycles. The van der Waals surface area contributed by atoms with Gasteiger partial charge in [-0.1, -0.05) is 24.3 Å². The van der Waals surface area contributed by atoms with Crippen molar-refractivity contribution in [2.24, 2.45) is 24.6 Å². The second-order valence-corrected chi connectivity index (χ2v) is 24.4. The molecule has 0 atom stereocenters. The minimum atomic E-state index is -0.648. The first-order valence-corrected chi connectivity index (χ1v) is 31.8. The molecule has 25 heteroatoms. The van der Waals surface area contributed by atoms with Crippen molar-refractivity contribution in [3.05, 3.63) is 89.8 Å². The fraction of sp³-hybridized carbons (Fsp3) is 0.508. The molecule has 3 aromatic carbocycles. The van der Waals surface area contributed by atoms with Gasteiger partial charge < -0.3 is 50.9 Å². The zero-order valence-electron chi connectivity index (χ0n) is 51.3. The number of likely N-dealkylation sites (tertiary alicyclic amines) is 4. The number of esters is 1. The van der Waals surface area contributed by atoms with Gasteiger partial charge in [-0.05, 0) is 125 Å². The summed E-state index contributed by atoms with van der Waals surface area (Å²) < 4.78 is 24.1. The number of aromatic nitrogens is 6. The minimum Gasteiger partial charge on any atom is -0.465 e. The SMILES string of the molecule is CCOC(=O)CNC(=O)CNC(=O)Cn1nc(C2CCN(C(=O)CCC(=O)N3CCC(C(=O)N4CCC(C(=O)N5CCC(c6ccc(Nc7nc(N8CCCCC8)cnc7C(N)=O)cc6)CC5)CC4)CC3)CC2)c2c(-c3cc4c(cnn4C)cc3F)cccc21. The van der Waals surface area contributed by atoms with E-state index in [1.54, 1.807) is 57.7 Å². The number of anilines is 3. The number of hydrogen-bond acceptors (Lipinski definition) is 15. The fourth-order valence-electron chi connectivity index (χ4n) is 13.6. The fourth-order valence-corrected chi connectivity index (χ4v) is 13.6. The van der Waals surface area contributed by atoms with Gasteiger partial charge in [-0.3, -0.25) is 47.7 Å². The third kappa shape index (κ3) is 14.3. The lowest BCUT2D eigenvalue weighted by atomic mass is 9.87. The molecule has 90 heavy (non-hydrogen) atoms. The number of nitrogens with one attached hydrogen (secondary N) is 3. The summed E-state index contributed by atoms with van der Waals surface area (Å²) in [6.07, 6.45) is 11.7. The van der Waals surface area contributed by atoms with E-state index in [0.29, 0.717) is 136 Å². The lowest BCUT2D eigenvalue weighted by molar-refractivity contribution is -0.145. The molecule has 5 aliphatic heterocycles. The standard InChI is InChI=1S/C65H80FN15O9/c1-3-90-58(86)39-69-54(82)38-68-55(83)40-81-51-9-7-8-48(49-35-52-46(34-50(49)66)36-71-75(52)2)59(51)60(74-81)43-18-26-77(27-19-43)56(84)14-15-57(85)78-28-20-44(21-29-78)64(88)80-32-22-45(23-33-80)65(89)79-30-16-42(17-31-79)41-10-12-47(13-11-41)72-63-61(62(67)87)70-37-53(73-63)76-24-5-4-6-25-76/h7-13,34-37,42-45H,3-6,14-33,38-40H2,1-2H3,(H2,67,87)(H,68,83)(H,69,82)(H,72,73). The maximum absolute atomic E-state index is 16.1. The normalized spacial score (nSPS) is 17.4. The summed E-state index contributed by atoms with van der Waals surface area (Å²) >= 11 is 0. The number of carbonyl (C=O) groups is 8. The molecular weight excluding hydrogens is 1150 g/mol. The summed E-state index contributed by atoms with van der Waals surface area (Å²) in [5.41, 5.74) is 10.6. The van der Waals surface area contributed by atoms with Gasteiger partial charge in [0.1, 0.15) is 24.7 Å². The Kier molecular flexibility index (Phi) is 19.6. The smallest absolute Gasteiger partial charge is 0.325 e. The molecule has 11 rings (SSSR count). The lowest BCUT2D eigenvalue weighted by Gasteiger charge is -2.39. The van der Waals surface area contributed by atoms with Crippen LogP contribution < -0.4 is 26.6 Å². The van der Waals surface area contributed by atoms with Gasteiger partial charge in [-0.15, -0.1) is 0 Å². The van der Waals surface area contributed by atoms with E-state index in [1.165, 1.54) is 18.1 Å². The summed E-state index contributed by atoms with van der Waals surface area (Å²) in [6, 6.07) is 16.7. The van der Waals surface area contributed by atoms with E-state index in [4.69, 9.17) is 20.6 Å². The number of hydrogen-bond donors (Lipinski definition) is 4. The molecule has 0 bridgehead atoms. The molecule has 0 unspecified atom stereocenters. The van der Waals surface area contributed by atoms with E-state index in [0.717, 1.165) is 55.8 Å². The quantitative estimate of drug-likeness (QED) is 0.0727. The van der Waals surface area contributed by atoms with Crippen LogP contribution in [0.15, 0.2) is 67.0 Å². The van der Waals surface area contributed by atoms with Crippen molar-refractivity contribution in [2.75, 3.05) is 95.4 Å². The van der Waals surface area contributed by atoms with E-state index < -0.39 is 29.5 Å².